The first kappa shape index (κ1) is 15.7. The molecule has 23 heavy (non-hydrogen) atoms. The quantitative estimate of drug-likeness (QED) is 0.564. The van der Waals surface area contributed by atoms with Crippen LogP contribution in [0.3, 0.4) is 0 Å². The smallest absolute Gasteiger partial charge is 0.323 e. The van der Waals surface area contributed by atoms with E-state index in [2.05, 4.69) is 6.07 Å². The summed E-state index contributed by atoms with van der Waals surface area (Å²) < 4.78 is 12.7. The average Bonchev–Trinajstić information content (AvgIpc) is 2.57. The Kier molecular flexibility index (Phi) is 4.18. The largest absolute Gasteiger partial charge is 0.344 e. The zero-order valence-corrected chi connectivity index (χ0v) is 13.2. The predicted octanol–water partition coefficient (Wildman–Crippen LogP) is 3.96. The Morgan fingerprint density at radius 1 is 0.696 bits per heavy atom. The van der Waals surface area contributed by atoms with Crippen molar-refractivity contribution in [3.8, 4) is 0 Å². The Hall–Kier alpha value is -2.19. The van der Waals surface area contributed by atoms with Gasteiger partial charge in [0.15, 0.2) is 0 Å². The van der Waals surface area contributed by atoms with Crippen molar-refractivity contribution in [2.45, 2.75) is 5.16 Å². The van der Waals surface area contributed by atoms with Gasteiger partial charge in [0.05, 0.1) is 0 Å². The van der Waals surface area contributed by atoms with E-state index in [4.69, 9.17) is 0 Å². The standard InChI is InChI=1S/C19H16O3P/c20-23(21,22)19(16-10-4-1-5-11-16,17-12-6-2-7-13-17)18-14-8-3-9-15-18/h1-2,4-15H,(H2,20,21,22). The van der Waals surface area contributed by atoms with Crippen molar-refractivity contribution < 1.29 is 14.4 Å². The summed E-state index contributed by atoms with van der Waals surface area (Å²) in [6.07, 6.45) is 0. The zero-order chi connectivity index (χ0) is 16.3. The molecule has 0 amide bonds. The van der Waals surface area contributed by atoms with Crippen LogP contribution in [0.1, 0.15) is 16.7 Å². The molecule has 0 saturated carbocycles. The molecule has 3 nitrogen and oxygen atoms in total. The van der Waals surface area contributed by atoms with Gasteiger partial charge in [-0.1, -0.05) is 84.9 Å². The molecule has 0 heterocycles. The highest BCUT2D eigenvalue weighted by Crippen LogP contribution is 2.64. The fourth-order valence-electron chi connectivity index (χ4n) is 2.99. The molecular formula is C19H16O3P. The summed E-state index contributed by atoms with van der Waals surface area (Å²) in [6, 6.07) is 27.5. The monoisotopic (exact) mass is 323 g/mol. The van der Waals surface area contributed by atoms with Crippen LogP contribution >= 0.6 is 7.60 Å². The molecule has 115 valence electrons. The van der Waals surface area contributed by atoms with Gasteiger partial charge in [-0.3, -0.25) is 4.57 Å². The molecule has 0 aliphatic carbocycles. The maximum Gasteiger partial charge on any atom is 0.344 e. The van der Waals surface area contributed by atoms with E-state index in [1.165, 1.54) is 0 Å². The summed E-state index contributed by atoms with van der Waals surface area (Å²) in [5.41, 5.74) is 1.67. The van der Waals surface area contributed by atoms with Crippen molar-refractivity contribution in [3.05, 3.63) is 108 Å². The summed E-state index contributed by atoms with van der Waals surface area (Å²) >= 11 is 0. The van der Waals surface area contributed by atoms with Crippen LogP contribution in [0, 0.1) is 6.07 Å². The molecule has 0 aliphatic heterocycles. The highest BCUT2D eigenvalue weighted by molar-refractivity contribution is 7.53. The number of hydrogen-bond acceptors (Lipinski definition) is 1. The van der Waals surface area contributed by atoms with E-state index >= 15 is 0 Å². The van der Waals surface area contributed by atoms with E-state index in [9.17, 15) is 14.4 Å². The van der Waals surface area contributed by atoms with Gasteiger partial charge in [0.2, 0.25) is 0 Å². The molecule has 0 atom stereocenters. The Labute approximate surface area is 135 Å². The lowest BCUT2D eigenvalue weighted by Crippen LogP contribution is -2.29. The minimum atomic E-state index is -4.59. The van der Waals surface area contributed by atoms with Gasteiger partial charge >= 0.3 is 7.60 Å². The molecule has 1 radical (unpaired) electrons. The Morgan fingerprint density at radius 2 is 1.09 bits per heavy atom. The molecular weight excluding hydrogens is 307 g/mol. The van der Waals surface area contributed by atoms with Crippen LogP contribution in [0.25, 0.3) is 0 Å². The maximum absolute atomic E-state index is 12.7. The van der Waals surface area contributed by atoms with Crippen LogP contribution in [0.2, 0.25) is 0 Å². The third-order valence-corrected chi connectivity index (χ3v) is 5.60. The summed E-state index contributed by atoms with van der Waals surface area (Å²) in [4.78, 5) is 20.8. The highest BCUT2D eigenvalue weighted by Gasteiger charge is 2.51. The fourth-order valence-corrected chi connectivity index (χ4v) is 4.45. The second-order valence-electron chi connectivity index (χ2n) is 5.28. The second-order valence-corrected chi connectivity index (χ2v) is 7.03. The Balaban J connectivity index is 2.44. The molecule has 0 saturated heterocycles. The first-order chi connectivity index (χ1) is 11.1. The molecule has 4 heteroatoms. The molecule has 3 aromatic rings. The van der Waals surface area contributed by atoms with Gasteiger partial charge in [-0.15, -0.1) is 0 Å². The van der Waals surface area contributed by atoms with Crippen LogP contribution in [0.4, 0.5) is 0 Å². The van der Waals surface area contributed by atoms with E-state index < -0.39 is 12.8 Å². The predicted molar refractivity (Wildman–Crippen MR) is 90.1 cm³/mol. The molecule has 3 aromatic carbocycles. The lowest BCUT2D eigenvalue weighted by Gasteiger charge is -2.36. The third kappa shape index (κ3) is 2.64. The second kappa shape index (κ2) is 6.13. The molecule has 0 unspecified atom stereocenters. The molecule has 0 fully saturated rings. The Morgan fingerprint density at radius 3 is 1.48 bits per heavy atom. The van der Waals surface area contributed by atoms with Gasteiger partial charge in [0.25, 0.3) is 0 Å². The van der Waals surface area contributed by atoms with Crippen molar-refractivity contribution in [2.24, 2.45) is 0 Å². The minimum absolute atomic E-state index is 0.544. The molecule has 2 N–H and O–H groups in total. The first-order valence-electron chi connectivity index (χ1n) is 7.20. The van der Waals surface area contributed by atoms with E-state index in [-0.39, 0.29) is 0 Å². The molecule has 3 rings (SSSR count). The fraction of sp³-hybridized carbons (Fsp3) is 0.0526. The van der Waals surface area contributed by atoms with Crippen LogP contribution < -0.4 is 0 Å². The van der Waals surface area contributed by atoms with Crippen LogP contribution in [0.5, 0.6) is 0 Å². The van der Waals surface area contributed by atoms with Gasteiger partial charge in [-0.05, 0) is 22.8 Å². The molecule has 0 aliphatic rings. The van der Waals surface area contributed by atoms with E-state index in [1.54, 1.807) is 72.8 Å². The first-order valence-corrected chi connectivity index (χ1v) is 8.81. The maximum atomic E-state index is 12.7. The highest BCUT2D eigenvalue weighted by atomic mass is 31.2. The van der Waals surface area contributed by atoms with E-state index in [0.717, 1.165) is 0 Å². The summed E-state index contributed by atoms with van der Waals surface area (Å²) in [5, 5.41) is -1.54. The van der Waals surface area contributed by atoms with Gasteiger partial charge in [-0.25, -0.2) is 0 Å². The average molecular weight is 323 g/mol. The number of rotatable bonds is 4. The summed E-state index contributed by atoms with van der Waals surface area (Å²) in [7, 11) is -4.59. The van der Waals surface area contributed by atoms with Gasteiger partial charge < -0.3 is 9.79 Å². The lowest BCUT2D eigenvalue weighted by atomic mass is 9.84. The summed E-state index contributed by atoms with van der Waals surface area (Å²) in [6.45, 7) is 0. The Bertz CT molecular complexity index is 714. The van der Waals surface area contributed by atoms with Crippen molar-refractivity contribution in [1.82, 2.24) is 0 Å². The number of benzene rings is 3. The number of hydrogen-bond donors (Lipinski definition) is 2. The zero-order valence-electron chi connectivity index (χ0n) is 12.3. The lowest BCUT2D eigenvalue weighted by molar-refractivity contribution is 0.349. The van der Waals surface area contributed by atoms with Crippen molar-refractivity contribution >= 4 is 7.60 Å². The van der Waals surface area contributed by atoms with Crippen LogP contribution in [-0.4, -0.2) is 9.79 Å². The van der Waals surface area contributed by atoms with Gasteiger partial charge in [-0.2, -0.15) is 0 Å². The van der Waals surface area contributed by atoms with Gasteiger partial charge in [0.1, 0.15) is 5.16 Å². The van der Waals surface area contributed by atoms with Crippen molar-refractivity contribution in [2.75, 3.05) is 0 Å². The summed E-state index contributed by atoms with van der Waals surface area (Å²) in [5.74, 6) is 0. The van der Waals surface area contributed by atoms with Crippen LogP contribution in [-0.2, 0) is 9.72 Å². The van der Waals surface area contributed by atoms with Crippen molar-refractivity contribution in [3.63, 3.8) is 0 Å². The van der Waals surface area contributed by atoms with E-state index in [0.29, 0.717) is 16.7 Å². The molecule has 0 aromatic heterocycles. The SMILES string of the molecule is O=P(O)(O)C(c1cc[c]cc1)(c1ccccc1)c1ccccc1. The topological polar surface area (TPSA) is 57.5 Å². The van der Waals surface area contributed by atoms with E-state index in [1.807, 2.05) is 12.1 Å². The van der Waals surface area contributed by atoms with Crippen LogP contribution in [0.15, 0.2) is 84.9 Å². The normalized spacial score (nSPS) is 12.1. The molecule has 0 spiro atoms. The van der Waals surface area contributed by atoms with Gasteiger partial charge in [0, 0.05) is 0 Å². The molecule has 0 bridgehead atoms. The van der Waals surface area contributed by atoms with Crippen molar-refractivity contribution in [1.29, 1.82) is 0 Å². The third-order valence-electron chi connectivity index (χ3n) is 3.96. The minimum Gasteiger partial charge on any atom is -0.323 e.